The normalized spacial score (nSPS) is 15.3. The number of rotatable bonds is 9. The summed E-state index contributed by atoms with van der Waals surface area (Å²) in [5.41, 5.74) is 4.20. The summed E-state index contributed by atoms with van der Waals surface area (Å²) in [6, 6.07) is 14.2. The van der Waals surface area contributed by atoms with E-state index in [9.17, 15) is 9.90 Å². The number of fused-ring (bicyclic) bond motifs is 1. The van der Waals surface area contributed by atoms with Crippen LogP contribution in [0.1, 0.15) is 52.5 Å². The van der Waals surface area contributed by atoms with Crippen LogP contribution in [0.3, 0.4) is 0 Å². The minimum Gasteiger partial charge on any atom is -0.497 e. The number of aromatic nitrogens is 3. The Morgan fingerprint density at radius 2 is 1.97 bits per heavy atom. The Balaban J connectivity index is 1.40. The Morgan fingerprint density at radius 1 is 1.14 bits per heavy atom. The summed E-state index contributed by atoms with van der Waals surface area (Å²) < 4.78 is 13.2. The van der Waals surface area contributed by atoms with Crippen LogP contribution in [0.15, 0.2) is 54.9 Å². The van der Waals surface area contributed by atoms with Gasteiger partial charge in [-0.2, -0.15) is 0 Å². The van der Waals surface area contributed by atoms with Gasteiger partial charge in [0.2, 0.25) is 5.95 Å². The Morgan fingerprint density at radius 3 is 2.76 bits per heavy atom. The maximum atomic E-state index is 12.0. The fraction of sp³-hybridized carbons (Fsp3) is 0.345. The van der Waals surface area contributed by atoms with Crippen LogP contribution in [0.25, 0.3) is 10.9 Å². The van der Waals surface area contributed by atoms with Crippen molar-refractivity contribution in [3.63, 3.8) is 0 Å². The number of anilines is 1. The summed E-state index contributed by atoms with van der Waals surface area (Å²) in [6.07, 6.45) is 7.70. The van der Waals surface area contributed by atoms with Crippen LogP contribution in [-0.2, 0) is 19.9 Å². The molecule has 1 N–H and O–H groups in total. The van der Waals surface area contributed by atoms with Crippen molar-refractivity contribution in [2.24, 2.45) is 7.05 Å². The molecule has 0 spiro atoms. The average molecular weight is 501 g/mol. The second-order valence-corrected chi connectivity index (χ2v) is 9.43. The predicted octanol–water partition coefficient (Wildman–Crippen LogP) is 5.20. The quantitative estimate of drug-likeness (QED) is 0.338. The fourth-order valence-corrected chi connectivity index (χ4v) is 5.41. The van der Waals surface area contributed by atoms with Crippen LogP contribution in [0.2, 0.25) is 0 Å². The van der Waals surface area contributed by atoms with E-state index in [0.29, 0.717) is 18.1 Å². The molecule has 5 rings (SSSR count). The van der Waals surface area contributed by atoms with Crippen LogP contribution in [0.4, 0.5) is 5.95 Å². The number of benzene rings is 2. The van der Waals surface area contributed by atoms with Crippen LogP contribution in [0, 0.1) is 0 Å². The van der Waals surface area contributed by atoms with Crippen LogP contribution in [0.5, 0.6) is 11.5 Å². The molecule has 8 heteroatoms. The summed E-state index contributed by atoms with van der Waals surface area (Å²) in [5.74, 6) is 1.10. The molecule has 37 heavy (non-hydrogen) atoms. The maximum Gasteiger partial charge on any atom is 0.339 e. The first kappa shape index (κ1) is 24.6. The van der Waals surface area contributed by atoms with Crippen molar-refractivity contribution in [2.75, 3.05) is 25.7 Å². The van der Waals surface area contributed by atoms with Crippen molar-refractivity contribution in [1.82, 2.24) is 14.5 Å². The van der Waals surface area contributed by atoms with E-state index in [1.165, 1.54) is 22.7 Å². The zero-order valence-corrected chi connectivity index (χ0v) is 21.5. The van der Waals surface area contributed by atoms with E-state index in [0.717, 1.165) is 49.3 Å². The van der Waals surface area contributed by atoms with Gasteiger partial charge in [0.05, 0.1) is 31.5 Å². The van der Waals surface area contributed by atoms with E-state index < -0.39 is 5.97 Å². The van der Waals surface area contributed by atoms with E-state index >= 15 is 0 Å². The third kappa shape index (κ3) is 4.83. The molecule has 0 saturated carbocycles. The average Bonchev–Trinajstić information content (AvgIpc) is 3.53. The molecule has 0 amide bonds. The number of carboxylic acids is 1. The first-order chi connectivity index (χ1) is 18.0. The Kier molecular flexibility index (Phi) is 6.99. The van der Waals surface area contributed by atoms with Gasteiger partial charge in [-0.25, -0.2) is 14.8 Å². The Labute approximate surface area is 216 Å². The standard InChI is InChI=1S/C29H32N4O4/c1-32-18-19(21-9-4-5-11-25(21)32)8-6-10-24-23(28(34)35)17-30-29(31-24)33-15-7-12-26(33)22-16-20(36-2)13-14-27(22)37-3/h4-5,9,11,13-14,16-18,26H,6-8,10,12,15H2,1-3H3,(H,34,35)/t26-/m0/s1. The molecule has 2 aromatic carbocycles. The number of aromatic carboxylic acids is 1. The van der Waals surface area contributed by atoms with Crippen LogP contribution in [-0.4, -0.2) is 46.4 Å². The van der Waals surface area contributed by atoms with Gasteiger partial charge in [0.15, 0.2) is 0 Å². The van der Waals surface area contributed by atoms with Gasteiger partial charge in [0.25, 0.3) is 0 Å². The fourth-order valence-electron chi connectivity index (χ4n) is 5.41. The minimum absolute atomic E-state index is 0.0178. The zero-order chi connectivity index (χ0) is 25.9. The maximum absolute atomic E-state index is 12.0. The number of hydrogen-bond donors (Lipinski definition) is 1. The third-order valence-electron chi connectivity index (χ3n) is 7.23. The molecule has 1 fully saturated rings. The highest BCUT2D eigenvalue weighted by atomic mass is 16.5. The van der Waals surface area contributed by atoms with Crippen LogP contribution >= 0.6 is 0 Å². The number of para-hydroxylation sites is 1. The molecule has 1 atom stereocenters. The second-order valence-electron chi connectivity index (χ2n) is 9.43. The summed E-state index contributed by atoms with van der Waals surface area (Å²) in [4.78, 5) is 23.4. The predicted molar refractivity (Wildman–Crippen MR) is 143 cm³/mol. The second kappa shape index (κ2) is 10.5. The van der Waals surface area contributed by atoms with Gasteiger partial charge in [-0.3, -0.25) is 0 Å². The SMILES string of the molecule is COc1ccc(OC)c([C@@H]2CCCN2c2ncc(C(=O)O)c(CCCc3cn(C)c4ccccc34)n2)c1. The molecule has 0 aliphatic carbocycles. The Bertz CT molecular complexity index is 1430. The molecule has 1 aliphatic rings. The number of hydrogen-bond acceptors (Lipinski definition) is 6. The number of aryl methyl sites for hydroxylation is 3. The van der Waals surface area contributed by atoms with Crippen molar-refractivity contribution < 1.29 is 19.4 Å². The third-order valence-corrected chi connectivity index (χ3v) is 7.23. The van der Waals surface area contributed by atoms with Gasteiger partial charge in [0.1, 0.15) is 11.5 Å². The van der Waals surface area contributed by atoms with Gasteiger partial charge in [-0.15, -0.1) is 0 Å². The first-order valence-corrected chi connectivity index (χ1v) is 12.6. The van der Waals surface area contributed by atoms with E-state index in [2.05, 4.69) is 45.9 Å². The number of ether oxygens (including phenoxy) is 2. The van der Waals surface area contributed by atoms with Gasteiger partial charge in [0, 0.05) is 42.5 Å². The van der Waals surface area contributed by atoms with Crippen molar-refractivity contribution in [2.45, 2.75) is 38.1 Å². The molecule has 1 aliphatic heterocycles. The molecular weight excluding hydrogens is 468 g/mol. The lowest BCUT2D eigenvalue weighted by atomic mass is 10.0. The van der Waals surface area contributed by atoms with E-state index in [1.54, 1.807) is 14.2 Å². The number of carboxylic acid groups (broad SMARTS) is 1. The highest BCUT2D eigenvalue weighted by Gasteiger charge is 2.31. The number of methoxy groups -OCH3 is 2. The molecule has 4 aromatic rings. The molecule has 2 aromatic heterocycles. The minimum atomic E-state index is -1.00. The van der Waals surface area contributed by atoms with Gasteiger partial charge < -0.3 is 24.0 Å². The lowest BCUT2D eigenvalue weighted by Gasteiger charge is -2.27. The number of carbonyl (C=O) groups is 1. The lowest BCUT2D eigenvalue weighted by molar-refractivity contribution is 0.0694. The van der Waals surface area contributed by atoms with Crippen molar-refractivity contribution in [3.8, 4) is 11.5 Å². The molecule has 0 radical (unpaired) electrons. The van der Waals surface area contributed by atoms with Crippen LogP contribution < -0.4 is 14.4 Å². The van der Waals surface area contributed by atoms with Gasteiger partial charge in [-0.1, -0.05) is 18.2 Å². The molecule has 0 bridgehead atoms. The molecule has 8 nitrogen and oxygen atoms in total. The van der Waals surface area contributed by atoms with Gasteiger partial charge >= 0.3 is 5.97 Å². The van der Waals surface area contributed by atoms with E-state index in [4.69, 9.17) is 14.5 Å². The summed E-state index contributed by atoms with van der Waals surface area (Å²) in [7, 11) is 5.36. The van der Waals surface area contributed by atoms with E-state index in [1.807, 2.05) is 24.3 Å². The zero-order valence-electron chi connectivity index (χ0n) is 21.5. The van der Waals surface area contributed by atoms with Crippen molar-refractivity contribution in [3.05, 3.63) is 77.2 Å². The molecule has 192 valence electrons. The highest BCUT2D eigenvalue weighted by Crippen LogP contribution is 2.40. The summed E-state index contributed by atoms with van der Waals surface area (Å²) in [5, 5.41) is 11.0. The van der Waals surface area contributed by atoms with Gasteiger partial charge in [-0.05, 0) is 61.9 Å². The molecule has 0 unspecified atom stereocenters. The highest BCUT2D eigenvalue weighted by molar-refractivity contribution is 5.88. The monoisotopic (exact) mass is 500 g/mol. The first-order valence-electron chi connectivity index (χ1n) is 12.6. The molecular formula is C29H32N4O4. The number of nitrogens with zero attached hydrogens (tertiary/aromatic N) is 4. The molecule has 3 heterocycles. The van der Waals surface area contributed by atoms with Crippen molar-refractivity contribution in [1.29, 1.82) is 0 Å². The Hall–Kier alpha value is -4.07. The smallest absolute Gasteiger partial charge is 0.339 e. The lowest BCUT2D eigenvalue weighted by Crippen LogP contribution is -2.26. The summed E-state index contributed by atoms with van der Waals surface area (Å²) >= 11 is 0. The van der Waals surface area contributed by atoms with E-state index in [-0.39, 0.29) is 11.6 Å². The topological polar surface area (TPSA) is 89.7 Å². The largest absolute Gasteiger partial charge is 0.497 e. The summed E-state index contributed by atoms with van der Waals surface area (Å²) in [6.45, 7) is 0.785. The van der Waals surface area contributed by atoms with Crippen molar-refractivity contribution >= 4 is 22.8 Å². The molecule has 1 saturated heterocycles.